The van der Waals surface area contributed by atoms with Crippen LogP contribution < -0.4 is 5.32 Å². The molecule has 2 aromatic rings. The Morgan fingerprint density at radius 2 is 2.13 bits per heavy atom. The van der Waals surface area contributed by atoms with Gasteiger partial charge in [0.05, 0.1) is 21.9 Å². The summed E-state index contributed by atoms with van der Waals surface area (Å²) in [6.07, 6.45) is 0. The maximum Gasteiger partial charge on any atom is 0.314 e. The number of hydrogen-bond donors (Lipinski definition) is 3. The molecule has 0 fully saturated rings. The van der Waals surface area contributed by atoms with Crippen molar-refractivity contribution in [3.05, 3.63) is 44.2 Å². The molecule has 1 aromatic carbocycles. The van der Waals surface area contributed by atoms with Gasteiger partial charge in [0.25, 0.3) is 5.91 Å². The largest absolute Gasteiger partial charge is 0.501 e. The van der Waals surface area contributed by atoms with Gasteiger partial charge in [-0.15, -0.1) is 0 Å². The van der Waals surface area contributed by atoms with Crippen molar-refractivity contribution in [2.75, 3.05) is 5.32 Å². The zero-order valence-corrected chi connectivity index (χ0v) is 13.4. The van der Waals surface area contributed by atoms with Gasteiger partial charge in [-0.25, -0.2) is 0 Å². The topological polar surface area (TPSA) is 121 Å². The quantitative estimate of drug-likeness (QED) is 0.448. The van der Waals surface area contributed by atoms with E-state index in [0.29, 0.717) is 17.0 Å². The van der Waals surface area contributed by atoms with Gasteiger partial charge in [-0.3, -0.25) is 20.0 Å². The lowest BCUT2D eigenvalue weighted by Crippen LogP contribution is -2.15. The molecule has 0 spiro atoms. The molecular formula is C14H15ClN4O4. The van der Waals surface area contributed by atoms with E-state index in [-0.39, 0.29) is 16.6 Å². The Kier molecular flexibility index (Phi) is 4.55. The second-order valence-corrected chi connectivity index (χ2v) is 5.73. The number of aromatic nitrogens is 2. The highest BCUT2D eigenvalue weighted by Gasteiger charge is 2.24. The number of nitro groups is 1. The molecule has 0 aliphatic carbocycles. The van der Waals surface area contributed by atoms with Crippen LogP contribution in [0.4, 0.5) is 11.4 Å². The van der Waals surface area contributed by atoms with Gasteiger partial charge in [-0.2, -0.15) is 5.10 Å². The molecule has 122 valence electrons. The van der Waals surface area contributed by atoms with Gasteiger partial charge in [0.2, 0.25) is 5.75 Å². The highest BCUT2D eigenvalue weighted by Crippen LogP contribution is 2.37. The fourth-order valence-corrected chi connectivity index (χ4v) is 2.37. The van der Waals surface area contributed by atoms with Gasteiger partial charge < -0.3 is 10.4 Å². The molecule has 2 rings (SSSR count). The number of rotatable bonds is 4. The predicted octanol–water partition coefficient (Wildman–Crippen LogP) is 3.36. The predicted molar refractivity (Wildman–Crippen MR) is 85.1 cm³/mol. The zero-order valence-electron chi connectivity index (χ0n) is 12.7. The number of nitrogens with zero attached hydrogens (tertiary/aromatic N) is 2. The van der Waals surface area contributed by atoms with Crippen LogP contribution in [-0.2, 0) is 0 Å². The van der Waals surface area contributed by atoms with Gasteiger partial charge in [0.1, 0.15) is 0 Å². The summed E-state index contributed by atoms with van der Waals surface area (Å²) in [5, 5.41) is 30.1. The Bertz CT molecular complexity index is 785. The van der Waals surface area contributed by atoms with Crippen molar-refractivity contribution in [2.45, 2.75) is 26.7 Å². The van der Waals surface area contributed by atoms with Crippen molar-refractivity contribution < 1.29 is 14.8 Å². The number of amides is 1. The van der Waals surface area contributed by atoms with Crippen LogP contribution in [0.2, 0.25) is 5.02 Å². The number of anilines is 1. The van der Waals surface area contributed by atoms with Crippen molar-refractivity contribution in [1.29, 1.82) is 0 Å². The maximum absolute atomic E-state index is 12.5. The van der Waals surface area contributed by atoms with Gasteiger partial charge in [-0.1, -0.05) is 25.4 Å². The lowest BCUT2D eigenvalue weighted by Gasteiger charge is -2.10. The molecule has 3 N–H and O–H groups in total. The summed E-state index contributed by atoms with van der Waals surface area (Å²) in [4.78, 5) is 22.6. The number of aromatic amines is 1. The molecular weight excluding hydrogens is 324 g/mol. The molecule has 1 amide bonds. The number of hydrogen-bond acceptors (Lipinski definition) is 5. The van der Waals surface area contributed by atoms with Crippen LogP contribution in [0.1, 0.15) is 41.5 Å². The third-order valence-electron chi connectivity index (χ3n) is 3.25. The lowest BCUT2D eigenvalue weighted by molar-refractivity contribution is -0.385. The fourth-order valence-electron chi connectivity index (χ4n) is 2.16. The summed E-state index contributed by atoms with van der Waals surface area (Å²) in [5.74, 6) is -1.19. The maximum atomic E-state index is 12.5. The van der Waals surface area contributed by atoms with Crippen LogP contribution >= 0.6 is 11.6 Å². The minimum atomic E-state index is -0.778. The van der Waals surface area contributed by atoms with Crippen molar-refractivity contribution >= 4 is 28.9 Å². The van der Waals surface area contributed by atoms with E-state index in [1.807, 2.05) is 13.8 Å². The van der Waals surface area contributed by atoms with E-state index in [0.717, 1.165) is 6.07 Å². The van der Waals surface area contributed by atoms with E-state index in [4.69, 9.17) is 11.6 Å². The fraction of sp³-hybridized carbons (Fsp3) is 0.286. The summed E-state index contributed by atoms with van der Waals surface area (Å²) in [6, 6.07) is 2.25. The first-order valence-electron chi connectivity index (χ1n) is 6.75. The number of phenolic OH excluding ortho intramolecular Hbond substituents is 1. The minimum Gasteiger partial charge on any atom is -0.501 e. The molecule has 23 heavy (non-hydrogen) atoms. The van der Waals surface area contributed by atoms with Crippen LogP contribution in [-0.4, -0.2) is 26.1 Å². The molecule has 1 heterocycles. The van der Waals surface area contributed by atoms with Gasteiger partial charge >= 0.3 is 5.69 Å². The number of aromatic hydroxyl groups is 1. The Morgan fingerprint density at radius 1 is 1.48 bits per heavy atom. The number of halogens is 1. The molecule has 0 atom stereocenters. The summed E-state index contributed by atoms with van der Waals surface area (Å²) in [5.41, 5.74) is 0.741. The minimum absolute atomic E-state index is 0.00277. The summed E-state index contributed by atoms with van der Waals surface area (Å²) in [7, 11) is 0. The number of nitrogens with one attached hydrogen (secondary N) is 2. The average Bonchev–Trinajstić information content (AvgIpc) is 2.84. The van der Waals surface area contributed by atoms with Crippen LogP contribution in [0.25, 0.3) is 0 Å². The average molecular weight is 339 g/mol. The number of phenols is 1. The van der Waals surface area contributed by atoms with Gasteiger partial charge in [0.15, 0.2) is 0 Å². The van der Waals surface area contributed by atoms with E-state index < -0.39 is 22.3 Å². The van der Waals surface area contributed by atoms with Crippen LogP contribution in [0.3, 0.4) is 0 Å². The molecule has 0 aliphatic rings. The molecule has 0 saturated carbocycles. The molecule has 0 unspecified atom stereocenters. The highest BCUT2D eigenvalue weighted by molar-refractivity contribution is 6.31. The number of benzene rings is 1. The van der Waals surface area contributed by atoms with E-state index in [1.54, 1.807) is 6.92 Å². The van der Waals surface area contributed by atoms with Crippen molar-refractivity contribution in [1.82, 2.24) is 10.2 Å². The van der Waals surface area contributed by atoms with Crippen LogP contribution in [0.15, 0.2) is 12.1 Å². The SMILES string of the molecule is Cc1[nH]nc(C(C)C)c1C(=O)Nc1cc(Cl)cc([N+](=O)[O-])c1O. The number of nitro benzene ring substituents is 1. The van der Waals surface area contributed by atoms with E-state index in [1.165, 1.54) is 6.07 Å². The Labute approximate surface area is 136 Å². The third kappa shape index (κ3) is 3.26. The number of H-pyrrole nitrogens is 1. The molecule has 0 saturated heterocycles. The number of aryl methyl sites for hydroxylation is 1. The van der Waals surface area contributed by atoms with Crippen LogP contribution in [0, 0.1) is 17.0 Å². The normalized spacial score (nSPS) is 10.8. The zero-order chi connectivity index (χ0) is 17.3. The summed E-state index contributed by atoms with van der Waals surface area (Å²) in [6.45, 7) is 5.45. The number of carbonyl (C=O) groups excluding carboxylic acids is 1. The van der Waals surface area contributed by atoms with Crippen LogP contribution in [0.5, 0.6) is 5.75 Å². The summed E-state index contributed by atoms with van der Waals surface area (Å²) >= 11 is 5.80. The Balaban J connectivity index is 2.42. The Morgan fingerprint density at radius 3 is 2.70 bits per heavy atom. The number of carbonyl (C=O) groups is 1. The molecule has 0 aliphatic heterocycles. The molecule has 8 nitrogen and oxygen atoms in total. The Hall–Kier alpha value is -2.61. The van der Waals surface area contributed by atoms with Crippen molar-refractivity contribution in [3.8, 4) is 5.75 Å². The molecule has 0 bridgehead atoms. The lowest BCUT2D eigenvalue weighted by atomic mass is 10.0. The van der Waals surface area contributed by atoms with Crippen molar-refractivity contribution in [3.63, 3.8) is 0 Å². The van der Waals surface area contributed by atoms with E-state index in [2.05, 4.69) is 15.5 Å². The first kappa shape index (κ1) is 16.8. The third-order valence-corrected chi connectivity index (χ3v) is 3.47. The van der Waals surface area contributed by atoms with Gasteiger partial charge in [-0.05, 0) is 18.9 Å². The standard InChI is InChI=1S/C14H15ClN4O4/c1-6(2)12-11(7(3)17-18-12)14(21)16-9-4-8(15)5-10(13(9)20)19(22)23/h4-6,20H,1-3H3,(H,16,21)(H,17,18). The molecule has 1 aromatic heterocycles. The van der Waals surface area contributed by atoms with E-state index in [9.17, 15) is 20.0 Å². The summed E-state index contributed by atoms with van der Waals surface area (Å²) < 4.78 is 0. The smallest absolute Gasteiger partial charge is 0.314 e. The first-order chi connectivity index (χ1) is 10.7. The highest BCUT2D eigenvalue weighted by atomic mass is 35.5. The monoisotopic (exact) mass is 338 g/mol. The van der Waals surface area contributed by atoms with E-state index >= 15 is 0 Å². The second-order valence-electron chi connectivity index (χ2n) is 5.30. The molecule has 9 heteroatoms. The van der Waals surface area contributed by atoms with Gasteiger partial charge in [0, 0.05) is 16.8 Å². The second kappa shape index (κ2) is 6.25. The first-order valence-corrected chi connectivity index (χ1v) is 7.13. The van der Waals surface area contributed by atoms with Crippen molar-refractivity contribution in [2.24, 2.45) is 0 Å². The molecule has 0 radical (unpaired) electrons.